The summed E-state index contributed by atoms with van der Waals surface area (Å²) in [5.74, 6) is -0.551. The zero-order valence-electron chi connectivity index (χ0n) is 18.9. The van der Waals surface area contributed by atoms with Crippen molar-refractivity contribution in [2.45, 2.75) is 25.7 Å². The van der Waals surface area contributed by atoms with Gasteiger partial charge >= 0.3 is 0 Å². The van der Waals surface area contributed by atoms with Gasteiger partial charge in [-0.25, -0.2) is 8.42 Å². The van der Waals surface area contributed by atoms with E-state index in [1.165, 1.54) is 28.6 Å². The Labute approximate surface area is 193 Å². The predicted molar refractivity (Wildman–Crippen MR) is 125 cm³/mol. The first-order valence-corrected chi connectivity index (χ1v) is 12.2. The lowest BCUT2D eigenvalue weighted by Crippen LogP contribution is -2.40. The average molecular weight is 477 g/mol. The molecule has 0 radical (unpaired) electrons. The maximum atomic E-state index is 13.2. The van der Waals surface area contributed by atoms with Crippen LogP contribution in [0.25, 0.3) is 0 Å². The Balaban J connectivity index is 1.97. The van der Waals surface area contributed by atoms with Gasteiger partial charge in [0.1, 0.15) is 0 Å². The number of ether oxygens (including phenoxy) is 1. The van der Waals surface area contributed by atoms with Crippen LogP contribution in [0.15, 0.2) is 41.3 Å². The molecular weight excluding hydrogens is 448 g/mol. The van der Waals surface area contributed by atoms with Crippen LogP contribution in [-0.4, -0.2) is 62.9 Å². The van der Waals surface area contributed by atoms with Crippen LogP contribution < -0.4 is 10.2 Å². The Morgan fingerprint density at radius 3 is 2.42 bits per heavy atom. The van der Waals surface area contributed by atoms with Crippen molar-refractivity contribution in [3.63, 3.8) is 0 Å². The molecule has 0 atom stereocenters. The number of nitrogens with one attached hydrogen (secondary N) is 1. The molecule has 1 N–H and O–H groups in total. The topological polar surface area (TPSA) is 122 Å². The fraction of sp³-hybridized carbons (Fsp3) is 0.409. The molecule has 0 unspecified atom stereocenters. The fourth-order valence-electron chi connectivity index (χ4n) is 3.68. The number of sulfonamides is 1. The SMILES string of the molecule is CCN(CC)c1ccc([N+](=O)[O-])cc1C(=O)Nc1cc(S(=O)(=O)N2CCOCC2)ccc1C. The molecule has 0 spiro atoms. The van der Waals surface area contributed by atoms with Gasteiger partial charge in [0, 0.05) is 44.0 Å². The van der Waals surface area contributed by atoms with Crippen LogP contribution >= 0.6 is 0 Å². The summed E-state index contributed by atoms with van der Waals surface area (Å²) in [5.41, 5.74) is 1.51. The van der Waals surface area contributed by atoms with Crippen LogP contribution in [0.5, 0.6) is 0 Å². The lowest BCUT2D eigenvalue weighted by molar-refractivity contribution is -0.384. The Bertz CT molecular complexity index is 1140. The number of benzene rings is 2. The monoisotopic (exact) mass is 476 g/mol. The molecule has 33 heavy (non-hydrogen) atoms. The summed E-state index contributed by atoms with van der Waals surface area (Å²) in [4.78, 5) is 26.0. The van der Waals surface area contributed by atoms with Gasteiger partial charge in [0.25, 0.3) is 11.6 Å². The van der Waals surface area contributed by atoms with Crippen molar-refractivity contribution >= 4 is 33.0 Å². The van der Waals surface area contributed by atoms with Gasteiger partial charge in [0.15, 0.2) is 0 Å². The third kappa shape index (κ3) is 5.32. The summed E-state index contributed by atoms with van der Waals surface area (Å²) in [6, 6.07) is 8.72. The summed E-state index contributed by atoms with van der Waals surface area (Å²) in [7, 11) is -3.74. The van der Waals surface area contributed by atoms with E-state index in [9.17, 15) is 23.3 Å². The number of nitro benzene ring substituents is 1. The number of hydrogen-bond donors (Lipinski definition) is 1. The molecule has 11 heteroatoms. The average Bonchev–Trinajstić information content (AvgIpc) is 2.81. The van der Waals surface area contributed by atoms with Crippen LogP contribution in [0.1, 0.15) is 29.8 Å². The number of carbonyl (C=O) groups excluding carboxylic acids is 1. The number of amides is 1. The molecule has 2 aromatic carbocycles. The summed E-state index contributed by atoms with van der Waals surface area (Å²) < 4.78 is 32.6. The van der Waals surface area contributed by atoms with E-state index in [0.29, 0.717) is 43.2 Å². The number of nitro groups is 1. The zero-order chi connectivity index (χ0) is 24.2. The van der Waals surface area contributed by atoms with Crippen molar-refractivity contribution < 1.29 is 22.9 Å². The number of aryl methyl sites for hydroxylation is 1. The number of non-ortho nitro benzene ring substituents is 1. The summed E-state index contributed by atoms with van der Waals surface area (Å²) in [5, 5.41) is 14.0. The number of hydrogen-bond acceptors (Lipinski definition) is 7. The Morgan fingerprint density at radius 1 is 1.15 bits per heavy atom. The lowest BCUT2D eigenvalue weighted by atomic mass is 10.1. The first-order chi connectivity index (χ1) is 15.7. The highest BCUT2D eigenvalue weighted by atomic mass is 32.2. The van der Waals surface area contributed by atoms with Crippen molar-refractivity contribution in [2.75, 3.05) is 49.6 Å². The summed E-state index contributed by atoms with van der Waals surface area (Å²) in [6.45, 7) is 8.01. The molecular formula is C22H28N4O6S. The number of carbonyl (C=O) groups is 1. The number of morpholine rings is 1. The van der Waals surface area contributed by atoms with Gasteiger partial charge in [-0.3, -0.25) is 14.9 Å². The number of nitrogens with zero attached hydrogens (tertiary/aromatic N) is 3. The highest BCUT2D eigenvalue weighted by Gasteiger charge is 2.27. The van der Waals surface area contributed by atoms with E-state index >= 15 is 0 Å². The van der Waals surface area contributed by atoms with Crippen molar-refractivity contribution in [2.24, 2.45) is 0 Å². The van der Waals surface area contributed by atoms with Crippen LogP contribution in [-0.2, 0) is 14.8 Å². The molecule has 1 fully saturated rings. The Morgan fingerprint density at radius 2 is 1.82 bits per heavy atom. The van der Waals surface area contributed by atoms with Crippen LogP contribution in [0.3, 0.4) is 0 Å². The van der Waals surface area contributed by atoms with Gasteiger partial charge < -0.3 is 15.0 Å². The van der Waals surface area contributed by atoms with Crippen LogP contribution in [0.4, 0.5) is 17.1 Å². The predicted octanol–water partition coefficient (Wildman–Crippen LogP) is 3.02. The van der Waals surface area contributed by atoms with Crippen LogP contribution in [0.2, 0.25) is 0 Å². The van der Waals surface area contributed by atoms with Gasteiger partial charge in [-0.05, 0) is 44.5 Å². The third-order valence-electron chi connectivity index (χ3n) is 5.60. The molecule has 1 aliphatic rings. The highest BCUT2D eigenvalue weighted by Crippen LogP contribution is 2.28. The second-order valence-corrected chi connectivity index (χ2v) is 9.52. The van der Waals surface area contributed by atoms with Crippen molar-refractivity contribution in [3.8, 4) is 0 Å². The molecule has 0 bridgehead atoms. The molecule has 1 saturated heterocycles. The third-order valence-corrected chi connectivity index (χ3v) is 7.50. The molecule has 1 amide bonds. The van der Waals surface area contributed by atoms with E-state index in [4.69, 9.17) is 4.74 Å². The van der Waals surface area contributed by atoms with Gasteiger partial charge in [0.2, 0.25) is 10.0 Å². The van der Waals surface area contributed by atoms with E-state index in [2.05, 4.69) is 5.32 Å². The molecule has 1 aliphatic heterocycles. The molecule has 2 aromatic rings. The van der Waals surface area contributed by atoms with Crippen molar-refractivity contribution in [1.29, 1.82) is 0 Å². The zero-order valence-corrected chi connectivity index (χ0v) is 19.7. The second kappa shape index (κ2) is 10.3. The standard InChI is InChI=1S/C22H28N4O6S/c1-4-24(5-2)21-9-7-17(26(28)29)14-19(21)22(27)23-20-15-18(8-6-16(20)3)33(30,31)25-10-12-32-13-11-25/h6-9,14-15H,4-5,10-13H2,1-3H3,(H,23,27). The molecule has 1 heterocycles. The summed E-state index contributed by atoms with van der Waals surface area (Å²) >= 11 is 0. The van der Waals surface area contributed by atoms with Gasteiger partial charge in [-0.15, -0.1) is 0 Å². The highest BCUT2D eigenvalue weighted by molar-refractivity contribution is 7.89. The lowest BCUT2D eigenvalue weighted by Gasteiger charge is -2.26. The Hall–Kier alpha value is -3.02. The Kier molecular flexibility index (Phi) is 7.67. The molecule has 178 valence electrons. The van der Waals surface area contributed by atoms with Crippen molar-refractivity contribution in [3.05, 3.63) is 57.6 Å². The molecule has 10 nitrogen and oxygen atoms in total. The largest absolute Gasteiger partial charge is 0.379 e. The second-order valence-electron chi connectivity index (χ2n) is 7.58. The van der Waals surface area contributed by atoms with Gasteiger partial charge in [-0.1, -0.05) is 6.07 Å². The van der Waals surface area contributed by atoms with E-state index in [1.54, 1.807) is 19.1 Å². The van der Waals surface area contributed by atoms with E-state index in [1.807, 2.05) is 18.7 Å². The van der Waals surface area contributed by atoms with Crippen molar-refractivity contribution in [1.82, 2.24) is 4.31 Å². The number of rotatable bonds is 8. The minimum absolute atomic E-state index is 0.0632. The van der Waals surface area contributed by atoms with Crippen LogP contribution in [0, 0.1) is 17.0 Å². The smallest absolute Gasteiger partial charge is 0.270 e. The van der Waals surface area contributed by atoms with Gasteiger partial charge in [-0.2, -0.15) is 4.31 Å². The van der Waals surface area contributed by atoms with E-state index in [-0.39, 0.29) is 29.2 Å². The number of anilines is 2. The van der Waals surface area contributed by atoms with Gasteiger partial charge in [0.05, 0.1) is 34.3 Å². The quantitative estimate of drug-likeness (QED) is 0.459. The maximum Gasteiger partial charge on any atom is 0.270 e. The normalized spacial score (nSPS) is 14.6. The molecule has 0 aromatic heterocycles. The first kappa shape index (κ1) is 24.6. The minimum Gasteiger partial charge on any atom is -0.379 e. The fourth-order valence-corrected chi connectivity index (χ4v) is 5.12. The van der Waals surface area contributed by atoms with E-state index in [0.717, 1.165) is 0 Å². The first-order valence-electron chi connectivity index (χ1n) is 10.7. The maximum absolute atomic E-state index is 13.2. The molecule has 3 rings (SSSR count). The summed E-state index contributed by atoms with van der Waals surface area (Å²) in [6.07, 6.45) is 0. The van der Waals surface area contributed by atoms with E-state index < -0.39 is 20.9 Å². The minimum atomic E-state index is -3.74. The molecule has 0 saturated carbocycles. The molecule has 0 aliphatic carbocycles.